The molecule has 0 aliphatic carbocycles. The summed E-state index contributed by atoms with van der Waals surface area (Å²) in [6, 6.07) is 5.09. The van der Waals surface area contributed by atoms with Gasteiger partial charge in [-0.3, -0.25) is 0 Å². The number of guanidine groups is 2. The van der Waals surface area contributed by atoms with Crippen LogP contribution in [0.25, 0.3) is 0 Å². The third-order valence-electron chi connectivity index (χ3n) is 1.82. The monoisotopic (exact) mass is 359 g/mol. The fourth-order valence-electron chi connectivity index (χ4n) is 1.17. The highest BCUT2D eigenvalue weighted by atomic mass is 35.5. The zero-order valence-electron chi connectivity index (χ0n) is 10.9. The maximum absolute atomic E-state index is 5.87. The summed E-state index contributed by atoms with van der Waals surface area (Å²) < 4.78 is 0. The first-order valence-corrected chi connectivity index (χ1v) is 6.03. The molecule has 0 unspecified atom stereocenters. The number of benzene rings is 1. The van der Waals surface area contributed by atoms with Gasteiger partial charge in [0.1, 0.15) is 0 Å². The fraction of sp³-hybridized carbons (Fsp3) is 0.273. The Bertz CT molecular complexity index is 488. The predicted molar refractivity (Wildman–Crippen MR) is 93.0 cm³/mol. The van der Waals surface area contributed by atoms with Gasteiger partial charge >= 0.3 is 0 Å². The second-order valence-corrected chi connectivity index (χ2v) is 4.65. The molecule has 0 heterocycles. The summed E-state index contributed by atoms with van der Waals surface area (Å²) >= 11 is 11.7. The maximum Gasteiger partial charge on any atom is 0.218 e. The van der Waals surface area contributed by atoms with Crippen LogP contribution in [0.2, 0.25) is 10.0 Å². The third kappa shape index (κ3) is 7.65. The van der Waals surface area contributed by atoms with Crippen LogP contribution < -0.4 is 16.8 Å². The molecule has 114 valence electrons. The topological polar surface area (TPSA) is 88.8 Å². The van der Waals surface area contributed by atoms with E-state index in [4.69, 9.17) is 34.7 Å². The van der Waals surface area contributed by atoms with Crippen molar-refractivity contribution in [2.45, 2.75) is 19.9 Å². The Morgan fingerprint density at radius 2 is 1.75 bits per heavy atom. The van der Waals surface area contributed by atoms with Crippen LogP contribution in [0.4, 0.5) is 5.69 Å². The van der Waals surface area contributed by atoms with Crippen LogP contribution in [0, 0.1) is 0 Å². The van der Waals surface area contributed by atoms with Gasteiger partial charge in [0.05, 0.1) is 10.0 Å². The Morgan fingerprint density at radius 3 is 2.25 bits per heavy atom. The summed E-state index contributed by atoms with van der Waals surface area (Å²) in [7, 11) is 0. The minimum atomic E-state index is 0. The summed E-state index contributed by atoms with van der Waals surface area (Å²) in [6.07, 6.45) is 0. The molecular formula is C11H17Cl4N5. The Balaban J connectivity index is 0. The number of rotatable bonds is 2. The molecule has 0 atom stereocenters. The molecule has 0 radical (unpaired) electrons. The molecule has 0 aliphatic heterocycles. The summed E-state index contributed by atoms with van der Waals surface area (Å²) in [5.41, 5.74) is 11.9. The average Bonchev–Trinajstić information content (AvgIpc) is 2.21. The lowest BCUT2D eigenvalue weighted by molar-refractivity contribution is 0.831. The predicted octanol–water partition coefficient (Wildman–Crippen LogP) is 3.29. The van der Waals surface area contributed by atoms with E-state index in [1.54, 1.807) is 18.2 Å². The maximum atomic E-state index is 5.87. The first-order valence-electron chi connectivity index (χ1n) is 5.28. The number of hydrogen-bond acceptors (Lipinski definition) is 1. The van der Waals surface area contributed by atoms with Gasteiger partial charge in [-0.05, 0) is 32.0 Å². The van der Waals surface area contributed by atoms with E-state index in [0.717, 1.165) is 0 Å². The highest BCUT2D eigenvalue weighted by molar-refractivity contribution is 6.42. The molecule has 0 aromatic heterocycles. The Kier molecular flexibility index (Phi) is 10.6. The number of nitrogens with two attached hydrogens (primary N) is 2. The van der Waals surface area contributed by atoms with E-state index in [9.17, 15) is 0 Å². The van der Waals surface area contributed by atoms with Gasteiger partial charge in [-0.2, -0.15) is 4.99 Å². The van der Waals surface area contributed by atoms with Crippen molar-refractivity contribution in [3.05, 3.63) is 28.2 Å². The fourth-order valence-corrected chi connectivity index (χ4v) is 1.46. The number of anilines is 1. The van der Waals surface area contributed by atoms with E-state index in [0.29, 0.717) is 15.7 Å². The van der Waals surface area contributed by atoms with Gasteiger partial charge in [0.15, 0.2) is 0 Å². The van der Waals surface area contributed by atoms with Crippen molar-refractivity contribution in [2.24, 2.45) is 21.5 Å². The zero-order valence-corrected chi connectivity index (χ0v) is 14.1. The summed E-state index contributed by atoms with van der Waals surface area (Å²) in [5.74, 6) is 0.255. The molecule has 0 saturated heterocycles. The van der Waals surface area contributed by atoms with Gasteiger partial charge in [-0.1, -0.05) is 23.2 Å². The van der Waals surface area contributed by atoms with Crippen molar-refractivity contribution in [1.82, 2.24) is 0 Å². The van der Waals surface area contributed by atoms with Crippen LogP contribution in [0.1, 0.15) is 13.8 Å². The molecule has 5 N–H and O–H groups in total. The quantitative estimate of drug-likeness (QED) is 0.558. The van der Waals surface area contributed by atoms with Gasteiger partial charge in [0.25, 0.3) is 0 Å². The first-order chi connectivity index (χ1) is 8.38. The van der Waals surface area contributed by atoms with E-state index in [1.165, 1.54) is 0 Å². The van der Waals surface area contributed by atoms with Crippen LogP contribution in [-0.4, -0.2) is 18.0 Å². The summed E-state index contributed by atoms with van der Waals surface area (Å²) in [6.45, 7) is 3.79. The van der Waals surface area contributed by atoms with Crippen LogP contribution in [0.5, 0.6) is 0 Å². The number of nitrogens with zero attached hydrogens (tertiary/aromatic N) is 2. The van der Waals surface area contributed by atoms with Gasteiger partial charge in [0, 0.05) is 11.7 Å². The van der Waals surface area contributed by atoms with E-state index in [2.05, 4.69) is 15.3 Å². The van der Waals surface area contributed by atoms with Crippen molar-refractivity contribution < 1.29 is 0 Å². The molecule has 1 rings (SSSR count). The summed E-state index contributed by atoms with van der Waals surface area (Å²) in [4.78, 5) is 7.93. The number of aliphatic imine (C=N–C) groups is 2. The number of hydrogen-bond donors (Lipinski definition) is 3. The Morgan fingerprint density at radius 1 is 1.15 bits per heavy atom. The highest BCUT2D eigenvalue weighted by Gasteiger charge is 2.01. The van der Waals surface area contributed by atoms with Crippen LogP contribution >= 0.6 is 48.0 Å². The van der Waals surface area contributed by atoms with Crippen molar-refractivity contribution in [3.8, 4) is 0 Å². The molecule has 5 nitrogen and oxygen atoms in total. The van der Waals surface area contributed by atoms with Crippen molar-refractivity contribution in [1.29, 1.82) is 0 Å². The van der Waals surface area contributed by atoms with Crippen molar-refractivity contribution in [3.63, 3.8) is 0 Å². The average molecular weight is 361 g/mol. The second-order valence-electron chi connectivity index (χ2n) is 3.83. The highest BCUT2D eigenvalue weighted by Crippen LogP contribution is 2.24. The number of nitrogens with one attached hydrogen (secondary N) is 1. The van der Waals surface area contributed by atoms with Gasteiger partial charge in [-0.15, -0.1) is 24.8 Å². The lowest BCUT2D eigenvalue weighted by atomic mass is 10.3. The lowest BCUT2D eigenvalue weighted by Crippen LogP contribution is -2.26. The van der Waals surface area contributed by atoms with Gasteiger partial charge < -0.3 is 16.8 Å². The van der Waals surface area contributed by atoms with E-state index in [1.807, 2.05) is 13.8 Å². The van der Waals surface area contributed by atoms with Crippen molar-refractivity contribution >= 4 is 65.6 Å². The molecule has 0 fully saturated rings. The minimum absolute atomic E-state index is 0. The smallest absolute Gasteiger partial charge is 0.218 e. The molecule has 0 spiro atoms. The standard InChI is InChI=1S/C11H15Cl2N5.2ClH/c1-6(2)16-10(14)18-11(15)17-7-3-4-8(12)9(13)5-7;;/h3-6H,1-2H3,(H5,14,15,16,17,18);2*1H. The largest absolute Gasteiger partial charge is 0.369 e. The SMILES string of the molecule is CC(C)N=C(N)/N=C(\N)Nc1ccc(Cl)c(Cl)c1.Cl.Cl. The van der Waals surface area contributed by atoms with Crippen molar-refractivity contribution in [2.75, 3.05) is 5.32 Å². The number of halogens is 4. The minimum Gasteiger partial charge on any atom is -0.369 e. The molecular weight excluding hydrogens is 344 g/mol. The third-order valence-corrected chi connectivity index (χ3v) is 2.56. The molecule has 0 saturated carbocycles. The first kappa shape index (κ1) is 21.4. The molecule has 1 aromatic carbocycles. The molecule has 0 aliphatic rings. The molecule has 1 aromatic rings. The summed E-state index contributed by atoms with van der Waals surface area (Å²) in [5, 5.41) is 3.74. The molecule has 9 heteroatoms. The molecule has 0 amide bonds. The molecule has 20 heavy (non-hydrogen) atoms. The Hall–Kier alpha value is -0.880. The second kappa shape index (κ2) is 9.94. The van der Waals surface area contributed by atoms with Gasteiger partial charge in [-0.25, -0.2) is 4.99 Å². The molecule has 0 bridgehead atoms. The Labute approximate surface area is 140 Å². The van der Waals surface area contributed by atoms with E-state index in [-0.39, 0.29) is 42.8 Å². The van der Waals surface area contributed by atoms with E-state index < -0.39 is 0 Å². The van der Waals surface area contributed by atoms with E-state index >= 15 is 0 Å². The van der Waals surface area contributed by atoms with Crippen LogP contribution in [0.3, 0.4) is 0 Å². The lowest BCUT2D eigenvalue weighted by Gasteiger charge is -2.06. The van der Waals surface area contributed by atoms with Crippen LogP contribution in [0.15, 0.2) is 28.2 Å². The van der Waals surface area contributed by atoms with Gasteiger partial charge in [0.2, 0.25) is 11.9 Å². The normalized spacial score (nSPS) is 11.7. The van der Waals surface area contributed by atoms with Crippen LogP contribution in [-0.2, 0) is 0 Å². The zero-order chi connectivity index (χ0) is 13.7.